The number of carbonyl (C=O) groups is 1. The summed E-state index contributed by atoms with van der Waals surface area (Å²) < 4.78 is 34.6. The molecule has 0 atom stereocenters. The summed E-state index contributed by atoms with van der Waals surface area (Å²) in [5, 5.41) is 8.78. The molecular formula is C16H14F3IO2. The first kappa shape index (κ1) is 18.5. The summed E-state index contributed by atoms with van der Waals surface area (Å²) in [6, 6.07) is 17.4. The topological polar surface area (TPSA) is 40.1 Å². The summed E-state index contributed by atoms with van der Waals surface area (Å²) in [5.74, 6) is -3.01. The van der Waals surface area contributed by atoms with Crippen molar-refractivity contribution in [3.63, 3.8) is 0 Å². The van der Waals surface area contributed by atoms with Crippen LogP contribution in [0.3, 0.4) is 0 Å². The molecule has 0 aliphatic heterocycles. The monoisotopic (exact) mass is 422 g/mol. The Hall–Kier alpha value is -1.57. The molecule has 0 unspecified atom stereocenters. The van der Waals surface area contributed by atoms with Crippen LogP contribution in [0.15, 0.2) is 48.5 Å². The number of carboxylic acids is 1. The minimum Gasteiger partial charge on any atom is -0.542 e. The van der Waals surface area contributed by atoms with Crippen LogP contribution in [0, 0.1) is 21.0 Å². The van der Waals surface area contributed by atoms with E-state index < -0.39 is 12.1 Å². The van der Waals surface area contributed by atoms with Crippen LogP contribution in [-0.4, -0.2) is 12.1 Å². The van der Waals surface area contributed by atoms with Crippen LogP contribution in [0.25, 0.3) is 0 Å². The summed E-state index contributed by atoms with van der Waals surface area (Å²) in [4.78, 5) is 8.78. The highest BCUT2D eigenvalue weighted by Gasteiger charge is 2.28. The molecule has 0 amide bonds. The van der Waals surface area contributed by atoms with E-state index in [4.69, 9.17) is 9.90 Å². The molecule has 0 aromatic heterocycles. The smallest absolute Gasteiger partial charge is 0.430 e. The molecule has 22 heavy (non-hydrogen) atoms. The number of halogens is 4. The molecule has 2 aromatic rings. The number of rotatable bonds is 2. The third-order valence-electron chi connectivity index (χ3n) is 2.59. The maximum absolute atomic E-state index is 10.5. The second kappa shape index (κ2) is 8.17. The molecule has 0 aliphatic carbocycles. The fraction of sp³-hybridized carbons (Fsp3) is 0.188. The van der Waals surface area contributed by atoms with Crippen molar-refractivity contribution in [2.24, 2.45) is 0 Å². The van der Waals surface area contributed by atoms with E-state index in [1.54, 1.807) is 0 Å². The Morgan fingerprint density at radius 2 is 1.23 bits per heavy atom. The average molecular weight is 422 g/mol. The zero-order chi connectivity index (χ0) is 16.8. The number of aryl methyl sites for hydroxylation is 2. The van der Waals surface area contributed by atoms with E-state index >= 15 is 0 Å². The van der Waals surface area contributed by atoms with Crippen LogP contribution in [-0.2, 0) is 4.79 Å². The average Bonchev–Trinajstić information content (AvgIpc) is 2.43. The zero-order valence-electron chi connectivity index (χ0n) is 11.9. The number of hydrogen-bond donors (Lipinski definition) is 0. The second-order valence-corrected chi connectivity index (χ2v) is 7.24. The summed E-state index contributed by atoms with van der Waals surface area (Å²) in [6.45, 7) is 4.40. The van der Waals surface area contributed by atoms with E-state index in [0.29, 0.717) is 0 Å². The first-order valence-corrected chi connectivity index (χ1v) is 8.42. The molecule has 0 heterocycles. The Bertz CT molecular complexity index is 596. The van der Waals surface area contributed by atoms with Crippen LogP contribution in [0.5, 0.6) is 0 Å². The van der Waals surface area contributed by atoms with Crippen molar-refractivity contribution in [2.75, 3.05) is 0 Å². The van der Waals surface area contributed by atoms with Crippen molar-refractivity contribution >= 4 is 5.97 Å². The number of benzene rings is 2. The highest BCUT2D eigenvalue weighted by Crippen LogP contribution is 2.11. The van der Waals surface area contributed by atoms with Crippen LogP contribution >= 0.6 is 0 Å². The van der Waals surface area contributed by atoms with E-state index in [-0.39, 0.29) is 21.2 Å². The van der Waals surface area contributed by atoms with Crippen molar-refractivity contribution in [1.29, 1.82) is 0 Å². The van der Waals surface area contributed by atoms with E-state index in [2.05, 4.69) is 62.4 Å². The van der Waals surface area contributed by atoms with Gasteiger partial charge in [0.2, 0.25) is 0 Å². The second-order valence-electron chi connectivity index (χ2n) is 4.38. The standard InChI is InChI=1S/C14H14I.C2HF3O2/c1-11-7-3-5-9-13(11)15-14-10-6-4-8-12(14)2;3-2(4,5)1(6)7/h3-10H,1-2H3;(H,6,7)/q+1;/p-1. The molecule has 2 aromatic carbocycles. The van der Waals surface area contributed by atoms with Crippen LogP contribution in [0.4, 0.5) is 13.2 Å². The van der Waals surface area contributed by atoms with Gasteiger partial charge in [0, 0.05) is 11.1 Å². The molecular weight excluding hydrogens is 408 g/mol. The molecule has 0 saturated heterocycles. The Balaban J connectivity index is 0.000000295. The van der Waals surface area contributed by atoms with Crippen molar-refractivity contribution in [2.45, 2.75) is 20.0 Å². The van der Waals surface area contributed by atoms with E-state index in [1.165, 1.54) is 18.3 Å². The van der Waals surface area contributed by atoms with Crippen LogP contribution in [0.2, 0.25) is 0 Å². The molecule has 2 rings (SSSR count). The molecule has 0 saturated carbocycles. The van der Waals surface area contributed by atoms with Gasteiger partial charge in [-0.1, -0.05) is 36.4 Å². The predicted molar refractivity (Wildman–Crippen MR) is 70.8 cm³/mol. The van der Waals surface area contributed by atoms with Gasteiger partial charge >= 0.3 is 27.4 Å². The van der Waals surface area contributed by atoms with Gasteiger partial charge in [0.25, 0.3) is 0 Å². The lowest BCUT2D eigenvalue weighted by molar-refractivity contribution is -0.598. The lowest BCUT2D eigenvalue weighted by Gasteiger charge is -2.03. The third kappa shape index (κ3) is 6.05. The minimum atomic E-state index is -5.19. The largest absolute Gasteiger partial charge is 0.542 e. The Kier molecular flexibility index (Phi) is 6.86. The number of carbonyl (C=O) groups excluding carboxylic acids is 1. The molecule has 6 heteroatoms. The molecule has 0 radical (unpaired) electrons. The van der Waals surface area contributed by atoms with Crippen LogP contribution < -0.4 is 26.3 Å². The zero-order valence-corrected chi connectivity index (χ0v) is 14.1. The maximum atomic E-state index is 10.5. The van der Waals surface area contributed by atoms with E-state index in [9.17, 15) is 13.2 Å². The van der Waals surface area contributed by atoms with Gasteiger partial charge in [0.15, 0.2) is 7.14 Å². The summed E-state index contributed by atoms with van der Waals surface area (Å²) in [6.07, 6.45) is -5.19. The molecule has 2 nitrogen and oxygen atoms in total. The van der Waals surface area contributed by atoms with Gasteiger partial charge in [-0.3, -0.25) is 0 Å². The molecule has 0 N–H and O–H groups in total. The van der Waals surface area contributed by atoms with Crippen molar-refractivity contribution in [3.8, 4) is 0 Å². The highest BCUT2D eigenvalue weighted by atomic mass is 127. The fourth-order valence-electron chi connectivity index (χ4n) is 1.42. The first-order valence-electron chi connectivity index (χ1n) is 6.26. The fourth-order valence-corrected chi connectivity index (χ4v) is 4.03. The van der Waals surface area contributed by atoms with Crippen molar-refractivity contribution in [3.05, 3.63) is 66.8 Å². The molecule has 0 spiro atoms. The van der Waals surface area contributed by atoms with Crippen LogP contribution in [0.1, 0.15) is 11.1 Å². The first-order chi connectivity index (χ1) is 10.2. The normalized spacial score (nSPS) is 10.6. The van der Waals surface area contributed by atoms with Gasteiger partial charge in [-0.15, -0.1) is 0 Å². The molecule has 118 valence electrons. The van der Waals surface area contributed by atoms with Gasteiger partial charge in [-0.05, 0) is 26.0 Å². The van der Waals surface area contributed by atoms with Gasteiger partial charge in [-0.25, -0.2) is 0 Å². The predicted octanol–water partition coefficient (Wildman–Crippen LogP) is -0.270. The number of alkyl halides is 3. The third-order valence-corrected chi connectivity index (χ3v) is 6.17. The SMILES string of the molecule is Cc1ccccc1[I+]c1ccccc1C.O=C([O-])C(F)(F)F. The van der Waals surface area contributed by atoms with E-state index in [0.717, 1.165) is 0 Å². The number of hydrogen-bond acceptors (Lipinski definition) is 2. The van der Waals surface area contributed by atoms with Crippen molar-refractivity contribution < 1.29 is 44.3 Å². The van der Waals surface area contributed by atoms with Crippen molar-refractivity contribution in [1.82, 2.24) is 0 Å². The van der Waals surface area contributed by atoms with Gasteiger partial charge in [0.05, 0.1) is 0 Å². The lowest BCUT2D eigenvalue weighted by Crippen LogP contribution is -3.62. The Morgan fingerprint density at radius 1 is 0.909 bits per heavy atom. The van der Waals surface area contributed by atoms with Gasteiger partial charge < -0.3 is 9.90 Å². The summed E-state index contributed by atoms with van der Waals surface area (Å²) >= 11 is -0.0147. The van der Waals surface area contributed by atoms with Gasteiger partial charge in [0.1, 0.15) is 5.97 Å². The Labute approximate surface area is 137 Å². The summed E-state index contributed by atoms with van der Waals surface area (Å²) in [7, 11) is 0. The maximum Gasteiger partial charge on any atom is 0.430 e. The van der Waals surface area contributed by atoms with E-state index in [1.807, 2.05) is 0 Å². The quantitative estimate of drug-likeness (QED) is 0.626. The molecule has 0 fully saturated rings. The number of carboxylic acid groups (broad SMARTS) is 1. The lowest BCUT2D eigenvalue weighted by atomic mass is 10.2. The highest BCUT2D eigenvalue weighted by molar-refractivity contribution is 5.70. The molecule has 0 bridgehead atoms. The number of aliphatic carboxylic acids is 1. The molecule has 0 aliphatic rings. The Morgan fingerprint density at radius 3 is 1.50 bits per heavy atom. The van der Waals surface area contributed by atoms with Gasteiger partial charge in [-0.2, -0.15) is 13.2 Å². The summed E-state index contributed by atoms with van der Waals surface area (Å²) in [5.41, 5.74) is 2.85. The minimum absolute atomic E-state index is 0.0147.